The van der Waals surface area contributed by atoms with Crippen LogP contribution in [-0.4, -0.2) is 12.5 Å². The first kappa shape index (κ1) is 12.6. The van der Waals surface area contributed by atoms with Crippen LogP contribution in [0.25, 0.3) is 0 Å². The van der Waals surface area contributed by atoms with E-state index in [1.54, 1.807) is 0 Å². The predicted molar refractivity (Wildman–Crippen MR) is 56.6 cm³/mol. The van der Waals surface area contributed by atoms with Crippen molar-refractivity contribution in [3.05, 3.63) is 35.4 Å². The molecule has 1 rings (SSSR count). The number of carbonyl (C=O) groups is 1. The van der Waals surface area contributed by atoms with Gasteiger partial charge in [-0.05, 0) is 30.7 Å². The molecule has 0 bridgehead atoms. The van der Waals surface area contributed by atoms with Gasteiger partial charge in [0.15, 0.2) is 11.6 Å². The van der Waals surface area contributed by atoms with Gasteiger partial charge in [0, 0.05) is 0 Å². The van der Waals surface area contributed by atoms with E-state index >= 15 is 0 Å². The SMILES string of the molecule is CCCNC(C(N)=O)c1ccc(F)c(F)c1. The van der Waals surface area contributed by atoms with Gasteiger partial charge >= 0.3 is 0 Å². The largest absolute Gasteiger partial charge is 0.368 e. The number of benzene rings is 1. The number of amides is 1. The highest BCUT2D eigenvalue weighted by atomic mass is 19.2. The summed E-state index contributed by atoms with van der Waals surface area (Å²) >= 11 is 0. The van der Waals surface area contributed by atoms with Crippen LogP contribution in [0.5, 0.6) is 0 Å². The minimum atomic E-state index is -0.984. The molecule has 1 amide bonds. The maximum atomic E-state index is 13.0. The van der Waals surface area contributed by atoms with Crippen molar-refractivity contribution in [1.82, 2.24) is 5.32 Å². The Hall–Kier alpha value is -1.49. The molecule has 0 aliphatic carbocycles. The van der Waals surface area contributed by atoms with E-state index in [1.165, 1.54) is 6.07 Å². The van der Waals surface area contributed by atoms with Gasteiger partial charge in [0.2, 0.25) is 5.91 Å². The standard InChI is InChI=1S/C11H14F2N2O/c1-2-5-15-10(11(14)16)7-3-4-8(12)9(13)6-7/h3-4,6,10,15H,2,5H2,1H3,(H2,14,16). The van der Waals surface area contributed by atoms with E-state index in [9.17, 15) is 13.6 Å². The van der Waals surface area contributed by atoms with Crippen molar-refractivity contribution in [2.24, 2.45) is 5.73 Å². The Bertz CT molecular complexity index is 382. The first-order chi connectivity index (χ1) is 7.56. The Morgan fingerprint density at radius 2 is 2.12 bits per heavy atom. The first-order valence-corrected chi connectivity index (χ1v) is 5.04. The quantitative estimate of drug-likeness (QED) is 0.802. The van der Waals surface area contributed by atoms with Crippen molar-refractivity contribution in [3.63, 3.8) is 0 Å². The summed E-state index contributed by atoms with van der Waals surface area (Å²) in [4.78, 5) is 11.1. The van der Waals surface area contributed by atoms with Crippen molar-refractivity contribution in [2.75, 3.05) is 6.54 Å². The zero-order valence-electron chi connectivity index (χ0n) is 8.97. The molecular formula is C11H14F2N2O. The van der Waals surface area contributed by atoms with Crippen molar-refractivity contribution in [1.29, 1.82) is 0 Å². The Balaban J connectivity index is 2.92. The van der Waals surface area contributed by atoms with Gasteiger partial charge in [0.1, 0.15) is 6.04 Å². The monoisotopic (exact) mass is 228 g/mol. The van der Waals surface area contributed by atoms with Gasteiger partial charge in [-0.25, -0.2) is 8.78 Å². The molecule has 5 heteroatoms. The molecule has 1 unspecified atom stereocenters. The average molecular weight is 228 g/mol. The molecule has 0 heterocycles. The minimum absolute atomic E-state index is 0.333. The number of carbonyl (C=O) groups excluding carboxylic acids is 1. The maximum absolute atomic E-state index is 13.0. The Labute approximate surface area is 92.6 Å². The van der Waals surface area contributed by atoms with Crippen LogP contribution in [-0.2, 0) is 4.79 Å². The highest BCUT2D eigenvalue weighted by Gasteiger charge is 2.18. The van der Waals surface area contributed by atoms with Crippen LogP contribution in [0, 0.1) is 11.6 Å². The smallest absolute Gasteiger partial charge is 0.239 e. The van der Waals surface area contributed by atoms with Crippen molar-refractivity contribution < 1.29 is 13.6 Å². The molecule has 1 aromatic carbocycles. The maximum Gasteiger partial charge on any atom is 0.239 e. The molecule has 88 valence electrons. The van der Waals surface area contributed by atoms with Gasteiger partial charge in [0.05, 0.1) is 0 Å². The molecule has 0 aliphatic heterocycles. The lowest BCUT2D eigenvalue weighted by molar-refractivity contribution is -0.120. The molecule has 0 aliphatic rings. The summed E-state index contributed by atoms with van der Waals surface area (Å²) in [5, 5.41) is 2.87. The van der Waals surface area contributed by atoms with Crippen LogP contribution in [0.2, 0.25) is 0 Å². The fraction of sp³-hybridized carbons (Fsp3) is 0.364. The molecule has 0 spiro atoms. The van der Waals surface area contributed by atoms with Crippen LogP contribution in [0.4, 0.5) is 8.78 Å². The van der Waals surface area contributed by atoms with E-state index in [0.717, 1.165) is 18.6 Å². The molecule has 0 aromatic heterocycles. The van der Waals surface area contributed by atoms with Gasteiger partial charge < -0.3 is 11.1 Å². The van der Waals surface area contributed by atoms with Crippen molar-refractivity contribution >= 4 is 5.91 Å². The fourth-order valence-corrected chi connectivity index (χ4v) is 1.36. The molecule has 3 N–H and O–H groups in total. The normalized spacial score (nSPS) is 12.4. The summed E-state index contributed by atoms with van der Waals surface area (Å²) in [7, 11) is 0. The number of hydrogen-bond acceptors (Lipinski definition) is 2. The molecule has 3 nitrogen and oxygen atoms in total. The van der Waals surface area contributed by atoms with Crippen molar-refractivity contribution in [3.8, 4) is 0 Å². The molecular weight excluding hydrogens is 214 g/mol. The topological polar surface area (TPSA) is 55.1 Å². The second-order valence-corrected chi connectivity index (χ2v) is 3.46. The summed E-state index contributed by atoms with van der Waals surface area (Å²) in [6.07, 6.45) is 0.813. The lowest BCUT2D eigenvalue weighted by Crippen LogP contribution is -2.34. The molecule has 16 heavy (non-hydrogen) atoms. The Kier molecular flexibility index (Phi) is 4.37. The van der Waals surface area contributed by atoms with E-state index in [2.05, 4.69) is 5.32 Å². The fourth-order valence-electron chi connectivity index (χ4n) is 1.36. The lowest BCUT2D eigenvalue weighted by atomic mass is 10.1. The average Bonchev–Trinajstić information content (AvgIpc) is 2.23. The van der Waals surface area contributed by atoms with E-state index in [1.807, 2.05) is 6.92 Å². The zero-order valence-corrected chi connectivity index (χ0v) is 8.97. The van der Waals surface area contributed by atoms with Crippen LogP contribution < -0.4 is 11.1 Å². The van der Waals surface area contributed by atoms with E-state index in [4.69, 9.17) is 5.73 Å². The summed E-state index contributed by atoms with van der Waals surface area (Å²) in [5.41, 5.74) is 5.51. The Morgan fingerprint density at radius 1 is 1.44 bits per heavy atom. The second kappa shape index (κ2) is 5.55. The second-order valence-electron chi connectivity index (χ2n) is 3.46. The number of nitrogens with two attached hydrogens (primary N) is 1. The predicted octanol–water partition coefficient (Wildman–Crippen LogP) is 1.49. The number of rotatable bonds is 5. The van der Waals surface area contributed by atoms with Gasteiger partial charge in [0.25, 0.3) is 0 Å². The summed E-state index contributed by atoms with van der Waals surface area (Å²) in [6.45, 7) is 2.50. The van der Waals surface area contributed by atoms with Gasteiger partial charge in [-0.1, -0.05) is 13.0 Å². The summed E-state index contributed by atoms with van der Waals surface area (Å²) < 4.78 is 25.7. The van der Waals surface area contributed by atoms with E-state index in [-0.39, 0.29) is 0 Å². The van der Waals surface area contributed by atoms with Crippen molar-refractivity contribution in [2.45, 2.75) is 19.4 Å². The first-order valence-electron chi connectivity index (χ1n) is 5.04. The zero-order chi connectivity index (χ0) is 12.1. The highest BCUT2D eigenvalue weighted by molar-refractivity contribution is 5.81. The number of halogens is 2. The van der Waals surface area contributed by atoms with Gasteiger partial charge in [-0.2, -0.15) is 0 Å². The van der Waals surface area contributed by atoms with Crippen LogP contribution in [0.1, 0.15) is 24.9 Å². The van der Waals surface area contributed by atoms with Gasteiger partial charge in [-0.3, -0.25) is 4.79 Å². The summed E-state index contributed by atoms with van der Waals surface area (Å²) in [5.74, 6) is -2.54. The lowest BCUT2D eigenvalue weighted by Gasteiger charge is -2.15. The van der Waals surface area contributed by atoms with Crippen LogP contribution in [0.3, 0.4) is 0 Å². The molecule has 0 saturated heterocycles. The third-order valence-electron chi connectivity index (χ3n) is 2.16. The third-order valence-corrected chi connectivity index (χ3v) is 2.16. The number of hydrogen-bond donors (Lipinski definition) is 2. The van der Waals surface area contributed by atoms with Crippen LogP contribution in [0.15, 0.2) is 18.2 Å². The summed E-state index contributed by atoms with van der Waals surface area (Å²) in [6, 6.07) is 2.52. The Morgan fingerprint density at radius 3 is 2.62 bits per heavy atom. The molecule has 1 atom stereocenters. The highest BCUT2D eigenvalue weighted by Crippen LogP contribution is 2.16. The molecule has 0 radical (unpaired) electrons. The third kappa shape index (κ3) is 3.00. The number of nitrogens with one attached hydrogen (secondary N) is 1. The van der Waals surface area contributed by atoms with Crippen LogP contribution >= 0.6 is 0 Å². The van der Waals surface area contributed by atoms with Gasteiger partial charge in [-0.15, -0.1) is 0 Å². The minimum Gasteiger partial charge on any atom is -0.368 e. The number of primary amides is 1. The van der Waals surface area contributed by atoms with E-state index < -0.39 is 23.6 Å². The molecule has 1 aromatic rings. The molecule has 0 fully saturated rings. The van der Waals surface area contributed by atoms with E-state index in [0.29, 0.717) is 12.1 Å². The molecule has 0 saturated carbocycles.